The lowest BCUT2D eigenvalue weighted by molar-refractivity contribution is -0.117. The van der Waals surface area contributed by atoms with Crippen molar-refractivity contribution in [2.75, 3.05) is 11.4 Å². The molecule has 132 valence electrons. The molecule has 1 aliphatic rings. The second kappa shape index (κ2) is 7.35. The Morgan fingerprint density at radius 1 is 1.31 bits per heavy atom. The molecule has 0 aliphatic carbocycles. The Kier molecular flexibility index (Phi) is 4.77. The third-order valence-corrected chi connectivity index (χ3v) is 5.82. The van der Waals surface area contributed by atoms with Crippen LogP contribution in [0.4, 0.5) is 5.69 Å². The van der Waals surface area contributed by atoms with E-state index in [0.717, 1.165) is 34.8 Å². The Hall–Kier alpha value is -2.58. The van der Waals surface area contributed by atoms with Crippen molar-refractivity contribution in [1.29, 1.82) is 0 Å². The number of thiophene rings is 1. The fourth-order valence-corrected chi connectivity index (χ4v) is 4.31. The minimum Gasteiger partial charge on any atom is -0.346 e. The van der Waals surface area contributed by atoms with Crippen LogP contribution in [0.1, 0.15) is 28.2 Å². The maximum Gasteiger partial charge on any atom is 0.280 e. The van der Waals surface area contributed by atoms with Crippen LogP contribution < -0.4 is 10.2 Å². The van der Waals surface area contributed by atoms with Crippen molar-refractivity contribution in [3.8, 4) is 10.6 Å². The van der Waals surface area contributed by atoms with Gasteiger partial charge in [0.05, 0.1) is 22.5 Å². The van der Waals surface area contributed by atoms with Gasteiger partial charge >= 0.3 is 0 Å². The summed E-state index contributed by atoms with van der Waals surface area (Å²) in [6, 6.07) is 5.85. The summed E-state index contributed by atoms with van der Waals surface area (Å²) in [5, 5.41) is 7.19. The smallest absolute Gasteiger partial charge is 0.280 e. The quantitative estimate of drug-likeness (QED) is 0.732. The summed E-state index contributed by atoms with van der Waals surface area (Å²) in [4.78, 5) is 35.6. The van der Waals surface area contributed by atoms with E-state index < -0.39 is 0 Å². The monoisotopic (exact) mass is 384 g/mol. The van der Waals surface area contributed by atoms with Crippen LogP contribution in [0, 0.1) is 0 Å². The topological polar surface area (TPSA) is 75.2 Å². The summed E-state index contributed by atoms with van der Waals surface area (Å²) in [6.07, 6.45) is 4.83. The van der Waals surface area contributed by atoms with Crippen molar-refractivity contribution >= 4 is 40.2 Å². The third kappa shape index (κ3) is 3.51. The van der Waals surface area contributed by atoms with Gasteiger partial charge in [0, 0.05) is 31.1 Å². The maximum atomic E-state index is 12.3. The van der Waals surface area contributed by atoms with Crippen LogP contribution in [0.25, 0.3) is 10.6 Å². The predicted octanol–water partition coefficient (Wildman–Crippen LogP) is 3.32. The van der Waals surface area contributed by atoms with E-state index in [1.54, 1.807) is 28.6 Å². The number of anilines is 1. The average molecular weight is 384 g/mol. The average Bonchev–Trinajstić information content (AvgIpc) is 3.40. The SMILES string of the molecule is O=C(NCc1cncc(N2CCCC2=O)c1)c1nc(-c2cccs2)cs1. The van der Waals surface area contributed by atoms with E-state index in [0.29, 0.717) is 18.0 Å². The molecule has 4 rings (SSSR count). The molecule has 0 spiro atoms. The zero-order valence-electron chi connectivity index (χ0n) is 13.8. The van der Waals surface area contributed by atoms with Crippen molar-refractivity contribution in [3.05, 3.63) is 51.9 Å². The molecule has 3 aromatic rings. The lowest BCUT2D eigenvalue weighted by atomic mass is 10.2. The zero-order chi connectivity index (χ0) is 17.9. The number of carbonyl (C=O) groups excluding carboxylic acids is 2. The molecule has 1 aliphatic heterocycles. The normalized spacial score (nSPS) is 14.0. The molecule has 0 saturated carbocycles. The first-order valence-electron chi connectivity index (χ1n) is 8.22. The summed E-state index contributed by atoms with van der Waals surface area (Å²) in [7, 11) is 0. The van der Waals surface area contributed by atoms with Crippen LogP contribution in [-0.4, -0.2) is 28.3 Å². The summed E-state index contributed by atoms with van der Waals surface area (Å²) in [5.41, 5.74) is 2.46. The van der Waals surface area contributed by atoms with E-state index in [4.69, 9.17) is 0 Å². The summed E-state index contributed by atoms with van der Waals surface area (Å²) >= 11 is 2.93. The Labute approximate surface area is 158 Å². The number of nitrogens with one attached hydrogen (secondary N) is 1. The van der Waals surface area contributed by atoms with Crippen LogP contribution in [-0.2, 0) is 11.3 Å². The summed E-state index contributed by atoms with van der Waals surface area (Å²) in [6.45, 7) is 1.07. The van der Waals surface area contributed by atoms with Gasteiger partial charge in [0.25, 0.3) is 5.91 Å². The molecule has 8 heteroatoms. The van der Waals surface area contributed by atoms with Gasteiger partial charge in [-0.2, -0.15) is 0 Å². The molecule has 0 unspecified atom stereocenters. The number of rotatable bonds is 5. The van der Waals surface area contributed by atoms with E-state index in [2.05, 4.69) is 15.3 Å². The largest absolute Gasteiger partial charge is 0.346 e. The molecule has 4 heterocycles. The molecular weight excluding hydrogens is 368 g/mol. The Morgan fingerprint density at radius 3 is 3.00 bits per heavy atom. The molecule has 1 saturated heterocycles. The lowest BCUT2D eigenvalue weighted by Crippen LogP contribution is -2.25. The van der Waals surface area contributed by atoms with Gasteiger partial charge in [-0.25, -0.2) is 4.98 Å². The Balaban J connectivity index is 1.41. The molecule has 3 aromatic heterocycles. The number of thiazole rings is 1. The molecule has 0 atom stereocenters. The molecule has 0 radical (unpaired) electrons. The maximum absolute atomic E-state index is 12.3. The van der Waals surface area contributed by atoms with E-state index >= 15 is 0 Å². The molecule has 2 amide bonds. The van der Waals surface area contributed by atoms with Gasteiger partial charge < -0.3 is 10.2 Å². The van der Waals surface area contributed by atoms with E-state index in [1.807, 2.05) is 29.0 Å². The molecule has 6 nitrogen and oxygen atoms in total. The fourth-order valence-electron chi connectivity index (χ4n) is 2.81. The highest BCUT2D eigenvalue weighted by molar-refractivity contribution is 7.15. The van der Waals surface area contributed by atoms with Gasteiger partial charge in [-0.3, -0.25) is 14.6 Å². The number of aromatic nitrogens is 2. The molecule has 0 aromatic carbocycles. The first-order chi connectivity index (χ1) is 12.7. The number of hydrogen-bond donors (Lipinski definition) is 1. The summed E-state index contributed by atoms with van der Waals surface area (Å²) in [5.74, 6) is -0.0858. The highest BCUT2D eigenvalue weighted by Gasteiger charge is 2.22. The fraction of sp³-hybridized carbons (Fsp3) is 0.222. The molecular formula is C18H16N4O2S2. The van der Waals surface area contributed by atoms with Crippen LogP contribution in [0.2, 0.25) is 0 Å². The van der Waals surface area contributed by atoms with Gasteiger partial charge in [-0.05, 0) is 29.5 Å². The van der Waals surface area contributed by atoms with Crippen molar-refractivity contribution in [1.82, 2.24) is 15.3 Å². The minimum absolute atomic E-state index is 0.122. The van der Waals surface area contributed by atoms with Gasteiger partial charge in [-0.1, -0.05) is 6.07 Å². The number of pyridine rings is 1. The van der Waals surface area contributed by atoms with E-state index in [-0.39, 0.29) is 11.8 Å². The van der Waals surface area contributed by atoms with Crippen molar-refractivity contribution in [2.24, 2.45) is 0 Å². The van der Waals surface area contributed by atoms with Crippen LogP contribution in [0.15, 0.2) is 41.4 Å². The molecule has 26 heavy (non-hydrogen) atoms. The van der Waals surface area contributed by atoms with Gasteiger partial charge in [-0.15, -0.1) is 22.7 Å². The van der Waals surface area contributed by atoms with Crippen LogP contribution in [0.5, 0.6) is 0 Å². The van der Waals surface area contributed by atoms with Crippen molar-refractivity contribution in [3.63, 3.8) is 0 Å². The third-order valence-electron chi connectivity index (χ3n) is 4.09. The van der Waals surface area contributed by atoms with Gasteiger partial charge in [0.1, 0.15) is 0 Å². The highest BCUT2D eigenvalue weighted by Crippen LogP contribution is 2.26. The van der Waals surface area contributed by atoms with Crippen LogP contribution in [0.3, 0.4) is 0 Å². The highest BCUT2D eigenvalue weighted by atomic mass is 32.1. The molecule has 1 N–H and O–H groups in total. The zero-order valence-corrected chi connectivity index (χ0v) is 15.5. The summed E-state index contributed by atoms with van der Waals surface area (Å²) < 4.78 is 0. The minimum atomic E-state index is -0.208. The first kappa shape index (κ1) is 16.9. The standard InChI is InChI=1S/C18H16N4O2S2/c23-16-4-1-5-22(16)13-7-12(8-19-10-13)9-20-17(24)18-21-14(11-26-18)15-3-2-6-25-15/h2-3,6-8,10-11H,1,4-5,9H2,(H,20,24). The van der Waals surface area contributed by atoms with Crippen molar-refractivity contribution in [2.45, 2.75) is 19.4 Å². The second-order valence-electron chi connectivity index (χ2n) is 5.90. The molecule has 0 bridgehead atoms. The first-order valence-corrected chi connectivity index (χ1v) is 9.98. The van der Waals surface area contributed by atoms with E-state index in [1.165, 1.54) is 11.3 Å². The lowest BCUT2D eigenvalue weighted by Gasteiger charge is -2.16. The number of hydrogen-bond acceptors (Lipinski definition) is 6. The van der Waals surface area contributed by atoms with Gasteiger partial charge in [0.2, 0.25) is 5.91 Å². The predicted molar refractivity (Wildman–Crippen MR) is 102 cm³/mol. The number of nitrogens with zero attached hydrogens (tertiary/aromatic N) is 3. The Morgan fingerprint density at radius 2 is 2.23 bits per heavy atom. The van der Waals surface area contributed by atoms with Crippen molar-refractivity contribution < 1.29 is 9.59 Å². The van der Waals surface area contributed by atoms with Gasteiger partial charge in [0.15, 0.2) is 5.01 Å². The van der Waals surface area contributed by atoms with Crippen LogP contribution >= 0.6 is 22.7 Å². The van der Waals surface area contributed by atoms with E-state index in [9.17, 15) is 9.59 Å². The number of amides is 2. The number of carbonyl (C=O) groups is 2. The second-order valence-corrected chi connectivity index (χ2v) is 7.70. The molecule has 1 fully saturated rings. The Bertz CT molecular complexity index is 936.